The standard InChI is InChI=1S/C36H60O84S18/c37-121(38,39)91-1-7-13-19(109-127(55,56)57)25(115-133(73,74)75)31(97-7)104-14-8(2-92-122(40,41)42)99-33(27(117-135(79,80)81)20(14)110-128(58,59)60)106-16-10(4-94-124(46,47)48)101-35(29(119-137(85,86)87)22(16)112-130(64,65)66)108-18-12(6-96-126(52,53)54)102-36(30(120-138(88,89)90)24(18)114-132(70,71)72)107-17-11(5-95-125(49,50)51)100-34(28(118-136(82,83)84)23(17)113-131(67,68)69)105-15-9(3-93-123(43,44)45)98-32(103-13)26(116-134(76,77)78)21(15)111-129(61,62)63/h7-36H,1-6H2,(H,37,38,39)(H,40,41,42)(H,43,44,45)(H,46,47,48)(H,49,50,51)(H,52,53,54)(H,55,56,57)(H,58,59,60)(H,61,62,63)(H,64,65,66)(H,67,68,69)(H,70,71,72)(H,73,74,75)(H,76,77,78)(H,79,80,81)(H,82,83,84)(H,85,86,87)(H,88,89,90). The van der Waals surface area contributed by atoms with Crippen LogP contribution in [0.4, 0.5) is 0 Å². The van der Waals surface area contributed by atoms with Crippen molar-refractivity contribution in [2.45, 2.75) is 184 Å². The molecule has 0 spiro atoms. The Hall–Kier alpha value is -2.82. The van der Waals surface area contributed by atoms with E-state index in [1.165, 1.54) is 0 Å². The second-order valence-electron chi connectivity index (χ2n) is 26.0. The van der Waals surface area contributed by atoms with E-state index >= 15 is 0 Å². The first-order valence-electron chi connectivity index (χ1n) is 33.0. The summed E-state index contributed by atoms with van der Waals surface area (Å²) in [5, 5.41) is 0. The molecular weight excluding hydrogens is 2350 g/mol. The molecule has 138 heavy (non-hydrogen) atoms. The van der Waals surface area contributed by atoms with Crippen molar-refractivity contribution in [1.82, 2.24) is 0 Å². The Morgan fingerprint density at radius 1 is 0.130 bits per heavy atom. The average Bonchev–Trinajstić information content (AvgIpc) is 0.747. The fourth-order valence-corrected chi connectivity index (χ4v) is 20.2. The summed E-state index contributed by atoms with van der Waals surface area (Å²) in [5.41, 5.74) is 0. The fourth-order valence-electron chi connectivity index (χ4n) is 12.5. The molecule has 22 aliphatic heterocycles. The zero-order valence-electron chi connectivity index (χ0n) is 63.9. The Morgan fingerprint density at radius 3 is 0.297 bits per heavy atom. The van der Waals surface area contributed by atoms with E-state index in [0.29, 0.717) is 0 Å². The molecule has 30 unspecified atom stereocenters. The highest BCUT2D eigenvalue weighted by Crippen LogP contribution is 2.46. The minimum Gasteiger partial charge on any atom is -0.341 e. The first kappa shape index (κ1) is 122. The topological polar surface area (TPSA) is 1260 Å². The smallest absolute Gasteiger partial charge is 0.341 e. The van der Waals surface area contributed by atoms with Gasteiger partial charge in [-0.1, -0.05) is 0 Å². The van der Waals surface area contributed by atoms with E-state index < -0.39 is 411 Å². The molecule has 102 heteroatoms. The van der Waals surface area contributed by atoms with Gasteiger partial charge in [0.15, 0.2) is 74.4 Å². The van der Waals surface area contributed by atoms with E-state index in [2.05, 4.69) is 75.3 Å². The number of rotatable bonds is 42. The van der Waals surface area contributed by atoms with Crippen LogP contribution in [0.15, 0.2) is 0 Å². The number of hydrogen-bond donors (Lipinski definition) is 18. The molecule has 22 fully saturated rings. The van der Waals surface area contributed by atoms with Crippen molar-refractivity contribution in [2.24, 2.45) is 0 Å². The molecule has 0 saturated carbocycles. The summed E-state index contributed by atoms with van der Waals surface area (Å²) in [6.07, 6.45) is -123. The molecule has 0 aromatic heterocycles. The lowest BCUT2D eigenvalue weighted by Gasteiger charge is -2.52. The predicted molar refractivity (Wildman–Crippen MR) is 383 cm³/mol. The summed E-state index contributed by atoms with van der Waals surface area (Å²) in [5.74, 6) is 0. The van der Waals surface area contributed by atoms with Crippen molar-refractivity contribution in [2.75, 3.05) is 39.6 Å². The highest BCUT2D eigenvalue weighted by atomic mass is 32.3. The summed E-state index contributed by atoms with van der Waals surface area (Å²) in [4.78, 5) is 0. The molecule has 0 radical (unpaired) electrons. The summed E-state index contributed by atoms with van der Waals surface area (Å²) >= 11 is 0. The molecule has 22 rings (SSSR count). The Morgan fingerprint density at radius 2 is 0.217 bits per heavy atom. The van der Waals surface area contributed by atoms with Gasteiger partial charge in [-0.15, -0.1) is 0 Å². The molecule has 18 N–H and O–H groups in total. The van der Waals surface area contributed by atoms with Crippen molar-refractivity contribution < 1.29 is 366 Å². The largest absolute Gasteiger partial charge is 0.397 e. The van der Waals surface area contributed by atoms with Gasteiger partial charge in [-0.05, 0) is 0 Å². The van der Waals surface area contributed by atoms with Crippen LogP contribution in [0.5, 0.6) is 0 Å². The van der Waals surface area contributed by atoms with Crippen LogP contribution in [0.2, 0.25) is 0 Å². The zero-order valence-corrected chi connectivity index (χ0v) is 78.6. The van der Waals surface area contributed by atoms with Crippen molar-refractivity contribution in [3.05, 3.63) is 0 Å². The Bertz CT molecular complexity index is 5530. The van der Waals surface area contributed by atoms with Gasteiger partial charge in [-0.2, -0.15) is 152 Å². The minimum atomic E-state index is -7.08. The lowest BCUT2D eigenvalue weighted by molar-refractivity contribution is -0.395. The van der Waals surface area contributed by atoms with E-state index in [1.807, 2.05) is 0 Å². The van der Waals surface area contributed by atoms with Gasteiger partial charge in [0.1, 0.15) is 110 Å². The summed E-state index contributed by atoms with van der Waals surface area (Å²) in [6, 6.07) is 0. The quantitative estimate of drug-likeness (QED) is 0.0252. The molecule has 12 bridgehead atoms. The molecule has 816 valence electrons. The Labute approximate surface area is 771 Å². The minimum absolute atomic E-state index is 2.65. The third-order valence-electron chi connectivity index (χ3n) is 16.4. The van der Waals surface area contributed by atoms with Crippen LogP contribution >= 0.6 is 0 Å². The maximum Gasteiger partial charge on any atom is 0.397 e. The van der Waals surface area contributed by atoms with Crippen LogP contribution in [0.1, 0.15) is 0 Å². The molecular formula is C36H60O84S18. The first-order valence-corrected chi connectivity index (χ1v) is 57.5. The SMILES string of the molecule is O=S(=O)(O)OCC1OC2OC3C(COS(=O)(=O)O)OC(OC4C(COS(=O)(=O)O)OC(OC5C(COS(=O)(=O)O)OC(OC6C(COS(=O)(=O)O)OC(OC7C(COS(=O)(=O)O)OC(OC1C(OS(=O)(=O)O)C2OS(=O)(=O)O)C(OS(=O)(=O)O)C7OS(=O)(=O)O)C(OS(=O)(=O)O)C6OS(=O)(=O)O)C(OS(=O)(=O)O)C5OS(=O)(=O)O)C(OS(=O)(=O)O)C4OS(=O)(=O)O)C(OS(=O)(=O)O)C3OS(=O)(=O)O. The van der Waals surface area contributed by atoms with Gasteiger partial charge in [-0.25, -0.2) is 75.3 Å². The summed E-state index contributed by atoms with van der Waals surface area (Å²) in [7, 11) is -124. The highest BCUT2D eigenvalue weighted by Gasteiger charge is 2.67. The van der Waals surface area contributed by atoms with Gasteiger partial charge < -0.3 is 56.8 Å². The molecule has 84 nitrogen and oxygen atoms in total. The molecule has 22 saturated heterocycles. The molecule has 0 amide bonds. The Balaban J connectivity index is 1.80. The maximum atomic E-state index is 13.2. The van der Waals surface area contributed by atoms with Gasteiger partial charge in [0.2, 0.25) is 0 Å². The molecule has 0 aromatic carbocycles. The van der Waals surface area contributed by atoms with Crippen LogP contribution in [-0.4, -0.2) is 457 Å². The van der Waals surface area contributed by atoms with Crippen LogP contribution in [0.3, 0.4) is 0 Å². The lowest BCUT2D eigenvalue weighted by atomic mass is 9.94. The zero-order chi connectivity index (χ0) is 106. The van der Waals surface area contributed by atoms with E-state index in [9.17, 15) is 233 Å². The fraction of sp³-hybridized carbons (Fsp3) is 1.00. The van der Waals surface area contributed by atoms with Gasteiger partial charge in [0.25, 0.3) is 0 Å². The highest BCUT2D eigenvalue weighted by molar-refractivity contribution is 7.84. The Kier molecular flexibility index (Phi) is 39.4. The van der Waals surface area contributed by atoms with Crippen molar-refractivity contribution in [3.63, 3.8) is 0 Å². The number of hydrogen-bond acceptors (Lipinski definition) is 66. The van der Waals surface area contributed by atoms with Crippen LogP contribution in [0, 0.1) is 0 Å². The first-order chi connectivity index (χ1) is 61.5. The lowest BCUT2D eigenvalue weighted by Crippen LogP contribution is -2.71. The normalized spacial score (nSPS) is 34.8. The van der Waals surface area contributed by atoms with Gasteiger partial charge in [-0.3, -0.25) is 81.9 Å². The van der Waals surface area contributed by atoms with Crippen molar-refractivity contribution in [3.8, 4) is 0 Å². The third kappa shape index (κ3) is 41.4. The van der Waals surface area contributed by atoms with Crippen LogP contribution in [0.25, 0.3) is 0 Å². The van der Waals surface area contributed by atoms with Gasteiger partial charge >= 0.3 is 187 Å². The van der Waals surface area contributed by atoms with E-state index in [0.717, 1.165) is 0 Å². The molecule has 0 aliphatic carbocycles. The third-order valence-corrected chi connectivity index (χ3v) is 24.6. The molecule has 22 heterocycles. The molecule has 30 atom stereocenters. The second-order valence-corrected chi connectivity index (χ2v) is 45.1. The van der Waals surface area contributed by atoms with E-state index in [1.54, 1.807) is 0 Å². The van der Waals surface area contributed by atoms with E-state index in [-0.39, 0.29) is 0 Å². The number of ether oxygens (including phenoxy) is 12. The van der Waals surface area contributed by atoms with Crippen LogP contribution in [-0.2, 0) is 319 Å². The molecule has 22 aliphatic rings. The van der Waals surface area contributed by atoms with Crippen molar-refractivity contribution >= 4 is 187 Å². The monoisotopic (exact) mass is 2410 g/mol. The average molecular weight is 2410 g/mol. The van der Waals surface area contributed by atoms with Crippen molar-refractivity contribution in [1.29, 1.82) is 0 Å². The van der Waals surface area contributed by atoms with Crippen LogP contribution < -0.4 is 0 Å². The predicted octanol–water partition coefficient (Wildman–Crippen LogP) is -16.2. The summed E-state index contributed by atoms with van der Waals surface area (Å²) in [6.45, 7) is -15.9. The second kappa shape index (κ2) is 44.5. The maximum absolute atomic E-state index is 13.2. The van der Waals surface area contributed by atoms with Gasteiger partial charge in [0, 0.05) is 0 Å². The summed E-state index contributed by atoms with van der Waals surface area (Å²) < 4.78 is 793. The molecule has 0 aromatic rings. The van der Waals surface area contributed by atoms with E-state index in [4.69, 9.17) is 56.8 Å². The van der Waals surface area contributed by atoms with Gasteiger partial charge in [0.05, 0.1) is 39.6 Å².